The van der Waals surface area contributed by atoms with Crippen LogP contribution in [0.4, 0.5) is 0 Å². The van der Waals surface area contributed by atoms with Crippen LogP contribution in [0.5, 0.6) is 0 Å². The number of Topliss-reactive ketones (excluding diaryl/α,β-unsaturated/α-hetero) is 1. The van der Waals surface area contributed by atoms with Crippen molar-refractivity contribution in [2.24, 2.45) is 0 Å². The van der Waals surface area contributed by atoms with Gasteiger partial charge in [-0.1, -0.05) is 19.1 Å². The molecule has 0 unspecified atom stereocenters. The second kappa shape index (κ2) is 9.45. The molecule has 28 heavy (non-hydrogen) atoms. The van der Waals surface area contributed by atoms with Crippen LogP contribution in [0.15, 0.2) is 6.07 Å². The lowest BCUT2D eigenvalue weighted by Gasteiger charge is -2.02. The van der Waals surface area contributed by atoms with Gasteiger partial charge in [-0.15, -0.1) is 0 Å². The van der Waals surface area contributed by atoms with Crippen LogP contribution in [0.2, 0.25) is 0 Å². The number of hydrogen-bond donors (Lipinski definition) is 2. The lowest BCUT2D eigenvalue weighted by molar-refractivity contribution is -0.140. The third-order valence-corrected chi connectivity index (χ3v) is 4.92. The number of aromatic amines is 2. The van der Waals surface area contributed by atoms with E-state index in [0.29, 0.717) is 12.1 Å². The first kappa shape index (κ1) is 21.6. The van der Waals surface area contributed by atoms with Gasteiger partial charge in [0, 0.05) is 29.6 Å². The van der Waals surface area contributed by atoms with Crippen LogP contribution in [0.1, 0.15) is 68.8 Å². The van der Waals surface area contributed by atoms with E-state index in [-0.39, 0.29) is 29.9 Å². The minimum absolute atomic E-state index is 0.0574. The van der Waals surface area contributed by atoms with Gasteiger partial charge in [0.25, 0.3) is 0 Å². The average molecular weight is 404 g/mol. The fraction of sp³-hybridized carbons (Fsp3) is 0.400. The normalized spacial score (nSPS) is 10.6. The van der Waals surface area contributed by atoms with E-state index in [1.165, 1.54) is 14.2 Å². The SMILES string of the molecule is CCc1c(Cc2cc(C(=O)OC)c(C(=O)CCC(=O)OC)[nH]2)[nH]c(C=S)c1C. The molecule has 150 valence electrons. The molecule has 2 N–H and O–H groups in total. The second-order valence-corrected chi connectivity index (χ2v) is 6.58. The Morgan fingerprint density at radius 3 is 2.43 bits per heavy atom. The van der Waals surface area contributed by atoms with Crippen molar-refractivity contribution in [1.82, 2.24) is 9.97 Å². The molecule has 0 saturated heterocycles. The van der Waals surface area contributed by atoms with Crippen LogP contribution >= 0.6 is 12.2 Å². The molecule has 7 nitrogen and oxygen atoms in total. The Labute approximate surface area is 168 Å². The van der Waals surface area contributed by atoms with E-state index in [2.05, 4.69) is 21.6 Å². The van der Waals surface area contributed by atoms with E-state index < -0.39 is 11.9 Å². The van der Waals surface area contributed by atoms with Gasteiger partial charge in [-0.05, 0) is 30.5 Å². The number of nitrogens with one attached hydrogen (secondary N) is 2. The standard InChI is InChI=1S/C20H24N2O5S/c1-5-13-11(2)16(10-28)22-15(13)9-12-8-14(20(25)27-4)19(21-12)17(23)6-7-18(24)26-3/h8,10,21-22H,5-7,9H2,1-4H3. The third kappa shape index (κ3) is 4.56. The van der Waals surface area contributed by atoms with E-state index in [0.717, 1.165) is 28.9 Å². The molecule has 0 saturated carbocycles. The maximum absolute atomic E-state index is 12.5. The van der Waals surface area contributed by atoms with Crippen molar-refractivity contribution >= 4 is 35.3 Å². The minimum atomic E-state index is -0.609. The predicted octanol–water partition coefficient (Wildman–Crippen LogP) is 3.07. The summed E-state index contributed by atoms with van der Waals surface area (Å²) >= 11 is 5.05. The Morgan fingerprint density at radius 1 is 1.14 bits per heavy atom. The molecule has 0 radical (unpaired) electrons. The topological polar surface area (TPSA) is 101 Å². The Morgan fingerprint density at radius 2 is 1.86 bits per heavy atom. The quantitative estimate of drug-likeness (QED) is 0.378. The molecule has 0 bridgehead atoms. The monoisotopic (exact) mass is 404 g/mol. The maximum Gasteiger partial charge on any atom is 0.340 e. The zero-order chi connectivity index (χ0) is 20.8. The van der Waals surface area contributed by atoms with E-state index in [1.807, 2.05) is 6.92 Å². The van der Waals surface area contributed by atoms with Crippen LogP contribution in [0.25, 0.3) is 0 Å². The van der Waals surface area contributed by atoms with Crippen molar-refractivity contribution in [3.63, 3.8) is 0 Å². The van der Waals surface area contributed by atoms with Crippen LogP contribution in [0.3, 0.4) is 0 Å². The molecule has 0 atom stereocenters. The molecule has 0 aromatic carbocycles. The first-order chi connectivity index (χ1) is 13.4. The summed E-state index contributed by atoms with van der Waals surface area (Å²) in [6.07, 6.45) is 1.18. The number of ketones is 1. The van der Waals surface area contributed by atoms with Crippen LogP contribution in [0, 0.1) is 6.92 Å². The number of methoxy groups -OCH3 is 2. The Hall–Kier alpha value is -2.74. The molecule has 0 spiro atoms. The van der Waals surface area contributed by atoms with Gasteiger partial charge < -0.3 is 19.4 Å². The Balaban J connectivity index is 2.35. The highest BCUT2D eigenvalue weighted by molar-refractivity contribution is 7.79. The van der Waals surface area contributed by atoms with Gasteiger partial charge in [0.2, 0.25) is 0 Å². The number of carbonyl (C=O) groups excluding carboxylic acids is 3. The van der Waals surface area contributed by atoms with E-state index in [9.17, 15) is 14.4 Å². The van der Waals surface area contributed by atoms with Crippen molar-refractivity contribution in [2.75, 3.05) is 14.2 Å². The average Bonchev–Trinajstić information content (AvgIpc) is 3.25. The summed E-state index contributed by atoms with van der Waals surface area (Å²) in [5, 5.41) is 1.61. The van der Waals surface area contributed by atoms with E-state index >= 15 is 0 Å². The molecule has 0 amide bonds. The first-order valence-electron chi connectivity index (χ1n) is 8.91. The lowest BCUT2D eigenvalue weighted by Crippen LogP contribution is -2.11. The van der Waals surface area contributed by atoms with Gasteiger partial charge in [0.1, 0.15) is 0 Å². The highest BCUT2D eigenvalue weighted by Gasteiger charge is 2.23. The number of H-pyrrole nitrogens is 2. The summed E-state index contributed by atoms with van der Waals surface area (Å²) in [5.74, 6) is -1.45. The zero-order valence-electron chi connectivity index (χ0n) is 16.4. The van der Waals surface area contributed by atoms with Crippen molar-refractivity contribution in [2.45, 2.75) is 39.5 Å². The molecule has 2 aromatic rings. The smallest absolute Gasteiger partial charge is 0.340 e. The zero-order valence-corrected chi connectivity index (χ0v) is 17.2. The van der Waals surface area contributed by atoms with Crippen molar-refractivity contribution in [1.29, 1.82) is 0 Å². The molecular formula is C20H24N2O5S. The summed E-state index contributed by atoms with van der Waals surface area (Å²) in [6, 6.07) is 1.61. The third-order valence-electron chi connectivity index (χ3n) is 4.69. The molecule has 2 rings (SSSR count). The highest BCUT2D eigenvalue weighted by Crippen LogP contribution is 2.23. The minimum Gasteiger partial charge on any atom is -0.469 e. The van der Waals surface area contributed by atoms with Crippen molar-refractivity contribution in [3.05, 3.63) is 45.5 Å². The molecule has 0 aliphatic rings. The summed E-state index contributed by atoms with van der Waals surface area (Å²) in [4.78, 5) is 42.3. The van der Waals surface area contributed by atoms with Crippen molar-refractivity contribution in [3.8, 4) is 0 Å². The molecular weight excluding hydrogens is 380 g/mol. The largest absolute Gasteiger partial charge is 0.469 e. The van der Waals surface area contributed by atoms with Crippen LogP contribution < -0.4 is 0 Å². The number of rotatable bonds is 9. The van der Waals surface area contributed by atoms with Gasteiger partial charge in [0.05, 0.1) is 37.6 Å². The van der Waals surface area contributed by atoms with Gasteiger partial charge in [0.15, 0.2) is 5.78 Å². The molecule has 0 fully saturated rings. The van der Waals surface area contributed by atoms with Gasteiger partial charge in [-0.25, -0.2) is 4.79 Å². The first-order valence-corrected chi connectivity index (χ1v) is 9.39. The van der Waals surface area contributed by atoms with Crippen LogP contribution in [-0.2, 0) is 27.1 Å². The van der Waals surface area contributed by atoms with Gasteiger partial charge >= 0.3 is 11.9 Å². The summed E-state index contributed by atoms with van der Waals surface area (Å²) < 4.78 is 9.35. The number of carbonyl (C=O) groups is 3. The molecule has 8 heteroatoms. The highest BCUT2D eigenvalue weighted by atomic mass is 32.1. The van der Waals surface area contributed by atoms with Crippen LogP contribution in [-0.4, -0.2) is 47.3 Å². The number of thiocarbonyl (C=S) groups is 1. The molecule has 2 heterocycles. The van der Waals surface area contributed by atoms with Crippen molar-refractivity contribution < 1.29 is 23.9 Å². The lowest BCUT2D eigenvalue weighted by atomic mass is 10.0. The summed E-state index contributed by atoms with van der Waals surface area (Å²) in [5.41, 5.74) is 5.10. The Bertz CT molecular complexity index is 910. The second-order valence-electron chi connectivity index (χ2n) is 6.34. The van der Waals surface area contributed by atoms with E-state index in [1.54, 1.807) is 11.4 Å². The van der Waals surface area contributed by atoms with E-state index in [4.69, 9.17) is 17.0 Å². The molecule has 2 aromatic heterocycles. The number of ether oxygens (including phenoxy) is 2. The fourth-order valence-corrected chi connectivity index (χ4v) is 3.43. The Kier molecular flexibility index (Phi) is 7.28. The maximum atomic E-state index is 12.5. The molecule has 0 aliphatic carbocycles. The number of aromatic nitrogens is 2. The number of hydrogen-bond acceptors (Lipinski definition) is 6. The molecule has 0 aliphatic heterocycles. The predicted molar refractivity (Wildman–Crippen MR) is 108 cm³/mol. The fourth-order valence-electron chi connectivity index (χ4n) is 3.20. The number of esters is 2. The summed E-state index contributed by atoms with van der Waals surface area (Å²) in [6.45, 7) is 4.07. The summed E-state index contributed by atoms with van der Waals surface area (Å²) in [7, 11) is 2.52. The van der Waals surface area contributed by atoms with Gasteiger partial charge in [-0.3, -0.25) is 9.59 Å². The van der Waals surface area contributed by atoms with Gasteiger partial charge in [-0.2, -0.15) is 0 Å².